The molecule has 0 aliphatic heterocycles. The predicted molar refractivity (Wildman–Crippen MR) is 64.8 cm³/mol. The molecule has 0 unspecified atom stereocenters. The fourth-order valence-electron chi connectivity index (χ4n) is 1.40. The van der Waals surface area contributed by atoms with Crippen molar-refractivity contribution in [2.75, 3.05) is 6.61 Å². The Morgan fingerprint density at radius 1 is 1.59 bits per heavy atom. The van der Waals surface area contributed by atoms with Crippen LogP contribution in [0.4, 0.5) is 4.39 Å². The van der Waals surface area contributed by atoms with Gasteiger partial charge in [-0.15, -0.1) is 0 Å². The molecule has 0 N–H and O–H groups in total. The van der Waals surface area contributed by atoms with Gasteiger partial charge in [0.15, 0.2) is 5.58 Å². The molecule has 90 valence electrons. The highest BCUT2D eigenvalue weighted by atomic mass is 79.9. The van der Waals surface area contributed by atoms with Crippen LogP contribution in [0.3, 0.4) is 0 Å². The number of hydrogen-bond donors (Lipinski definition) is 0. The minimum Gasteiger partial charge on any atom is -0.460 e. The Balaban J connectivity index is 2.61. The summed E-state index contributed by atoms with van der Waals surface area (Å²) in [7, 11) is 0. The van der Waals surface area contributed by atoms with E-state index in [1.807, 2.05) is 0 Å². The van der Waals surface area contributed by atoms with Crippen LogP contribution in [0.2, 0.25) is 5.02 Å². The van der Waals surface area contributed by atoms with Gasteiger partial charge in [0, 0.05) is 6.07 Å². The van der Waals surface area contributed by atoms with E-state index in [1.54, 1.807) is 6.92 Å². The van der Waals surface area contributed by atoms with Gasteiger partial charge in [0.25, 0.3) is 0 Å². The number of hydrogen-bond acceptors (Lipinski definition) is 3. The number of ether oxygens (including phenoxy) is 1. The SMILES string of the molecule is CCOC(=O)c1cc2c(F)c(Br)cc(Cl)c2o1. The Morgan fingerprint density at radius 3 is 2.94 bits per heavy atom. The highest BCUT2D eigenvalue weighted by Gasteiger charge is 2.19. The van der Waals surface area contributed by atoms with Crippen molar-refractivity contribution in [2.24, 2.45) is 0 Å². The van der Waals surface area contributed by atoms with Gasteiger partial charge in [-0.3, -0.25) is 0 Å². The molecule has 17 heavy (non-hydrogen) atoms. The molecule has 1 heterocycles. The molecule has 0 saturated heterocycles. The second kappa shape index (κ2) is 4.66. The van der Waals surface area contributed by atoms with E-state index in [-0.39, 0.29) is 32.8 Å². The Labute approximate surface area is 110 Å². The lowest BCUT2D eigenvalue weighted by Crippen LogP contribution is -2.02. The van der Waals surface area contributed by atoms with Crippen molar-refractivity contribution in [3.05, 3.63) is 33.2 Å². The van der Waals surface area contributed by atoms with Crippen molar-refractivity contribution in [2.45, 2.75) is 6.92 Å². The van der Waals surface area contributed by atoms with E-state index in [0.717, 1.165) is 0 Å². The van der Waals surface area contributed by atoms with Crippen LogP contribution in [0.1, 0.15) is 17.5 Å². The molecule has 2 rings (SSSR count). The summed E-state index contributed by atoms with van der Waals surface area (Å²) in [5, 5.41) is 0.372. The van der Waals surface area contributed by atoms with Gasteiger partial charge in [-0.1, -0.05) is 11.6 Å². The van der Waals surface area contributed by atoms with E-state index >= 15 is 0 Å². The monoisotopic (exact) mass is 320 g/mol. The second-order valence-corrected chi connectivity index (χ2v) is 4.49. The van der Waals surface area contributed by atoms with Gasteiger partial charge in [0.2, 0.25) is 5.76 Å². The molecule has 0 bridgehead atoms. The minimum absolute atomic E-state index is 0.0687. The van der Waals surface area contributed by atoms with Gasteiger partial charge in [-0.05, 0) is 28.9 Å². The largest absolute Gasteiger partial charge is 0.460 e. The minimum atomic E-state index is -0.643. The first kappa shape index (κ1) is 12.4. The van der Waals surface area contributed by atoms with E-state index in [4.69, 9.17) is 20.8 Å². The van der Waals surface area contributed by atoms with E-state index < -0.39 is 11.8 Å². The Kier molecular flexibility index (Phi) is 3.40. The Bertz CT molecular complexity index is 594. The maximum Gasteiger partial charge on any atom is 0.374 e. The molecule has 0 aliphatic rings. The van der Waals surface area contributed by atoms with Crippen molar-refractivity contribution >= 4 is 44.5 Å². The molecule has 0 spiro atoms. The lowest BCUT2D eigenvalue weighted by Gasteiger charge is -1.97. The zero-order chi connectivity index (χ0) is 12.6. The predicted octanol–water partition coefficient (Wildman–Crippen LogP) is 4.16. The second-order valence-electron chi connectivity index (χ2n) is 3.23. The Hall–Kier alpha value is -1.07. The highest BCUT2D eigenvalue weighted by Crippen LogP contribution is 2.33. The summed E-state index contributed by atoms with van der Waals surface area (Å²) in [6.45, 7) is 1.89. The number of esters is 1. The first-order valence-electron chi connectivity index (χ1n) is 4.78. The van der Waals surface area contributed by atoms with Crippen molar-refractivity contribution in [3.63, 3.8) is 0 Å². The zero-order valence-electron chi connectivity index (χ0n) is 8.72. The van der Waals surface area contributed by atoms with Crippen molar-refractivity contribution in [3.8, 4) is 0 Å². The van der Waals surface area contributed by atoms with Crippen LogP contribution in [0, 0.1) is 5.82 Å². The fraction of sp³-hybridized carbons (Fsp3) is 0.182. The van der Waals surface area contributed by atoms with E-state index in [0.29, 0.717) is 0 Å². The third-order valence-corrected chi connectivity index (χ3v) is 2.98. The molecule has 3 nitrogen and oxygen atoms in total. The molecule has 0 amide bonds. The highest BCUT2D eigenvalue weighted by molar-refractivity contribution is 9.10. The quantitative estimate of drug-likeness (QED) is 0.616. The number of fused-ring (bicyclic) bond motifs is 1. The molecule has 0 aliphatic carbocycles. The topological polar surface area (TPSA) is 39.4 Å². The smallest absolute Gasteiger partial charge is 0.374 e. The molecule has 1 aromatic carbocycles. The fourth-order valence-corrected chi connectivity index (χ4v) is 2.23. The first-order chi connectivity index (χ1) is 8.04. The molecule has 0 atom stereocenters. The molecular weight excluding hydrogens is 314 g/mol. The summed E-state index contributed by atoms with van der Waals surface area (Å²) in [6.07, 6.45) is 0. The van der Waals surface area contributed by atoms with Crippen LogP contribution in [0.15, 0.2) is 21.0 Å². The number of carbonyl (C=O) groups is 1. The zero-order valence-corrected chi connectivity index (χ0v) is 11.1. The van der Waals surface area contributed by atoms with Gasteiger partial charge < -0.3 is 9.15 Å². The van der Waals surface area contributed by atoms with E-state index in [1.165, 1.54) is 12.1 Å². The summed E-state index contributed by atoms with van der Waals surface area (Å²) in [6, 6.07) is 2.65. The Morgan fingerprint density at radius 2 is 2.29 bits per heavy atom. The van der Waals surface area contributed by atoms with Gasteiger partial charge in [0.1, 0.15) is 5.82 Å². The van der Waals surface area contributed by atoms with Crippen LogP contribution in [-0.4, -0.2) is 12.6 Å². The average Bonchev–Trinajstić information content (AvgIpc) is 2.72. The number of benzene rings is 1. The molecule has 0 radical (unpaired) electrons. The maximum atomic E-state index is 13.7. The average molecular weight is 322 g/mol. The van der Waals surface area contributed by atoms with Gasteiger partial charge >= 0.3 is 5.97 Å². The van der Waals surface area contributed by atoms with Crippen LogP contribution < -0.4 is 0 Å². The van der Waals surface area contributed by atoms with Gasteiger partial charge in [0.05, 0.1) is 21.5 Å². The van der Waals surface area contributed by atoms with Crippen molar-refractivity contribution < 1.29 is 18.3 Å². The summed E-state index contributed by atoms with van der Waals surface area (Å²) < 4.78 is 23.9. The van der Waals surface area contributed by atoms with Gasteiger partial charge in [-0.25, -0.2) is 9.18 Å². The number of furan rings is 1. The normalized spacial score (nSPS) is 10.8. The molecule has 1 aromatic heterocycles. The molecule has 6 heteroatoms. The third kappa shape index (κ3) is 2.17. The molecule has 2 aromatic rings. The molecule has 0 saturated carbocycles. The first-order valence-corrected chi connectivity index (χ1v) is 5.95. The lowest BCUT2D eigenvalue weighted by molar-refractivity contribution is 0.0492. The van der Waals surface area contributed by atoms with Crippen LogP contribution in [0.5, 0.6) is 0 Å². The maximum absolute atomic E-state index is 13.7. The van der Waals surface area contributed by atoms with E-state index in [9.17, 15) is 9.18 Å². The summed E-state index contributed by atoms with van der Waals surface area (Å²) in [5.41, 5.74) is 0.135. The standard InChI is InChI=1S/C11H7BrClFO3/c1-2-16-11(15)8-3-5-9(14)6(12)4-7(13)10(5)17-8/h3-4H,2H2,1H3. The number of carbonyl (C=O) groups excluding carboxylic acids is 1. The third-order valence-electron chi connectivity index (χ3n) is 2.13. The lowest BCUT2D eigenvalue weighted by atomic mass is 10.2. The van der Waals surface area contributed by atoms with Crippen LogP contribution >= 0.6 is 27.5 Å². The van der Waals surface area contributed by atoms with Crippen molar-refractivity contribution in [1.82, 2.24) is 0 Å². The number of halogens is 3. The van der Waals surface area contributed by atoms with E-state index in [2.05, 4.69) is 15.9 Å². The molecular formula is C11H7BrClFO3. The summed E-state index contributed by atoms with van der Waals surface area (Å²) >= 11 is 8.91. The summed E-state index contributed by atoms with van der Waals surface area (Å²) in [5.74, 6) is -1.24. The number of rotatable bonds is 2. The summed E-state index contributed by atoms with van der Waals surface area (Å²) in [4.78, 5) is 11.4. The van der Waals surface area contributed by atoms with Crippen molar-refractivity contribution in [1.29, 1.82) is 0 Å². The van der Waals surface area contributed by atoms with Crippen LogP contribution in [-0.2, 0) is 4.74 Å². The van der Waals surface area contributed by atoms with Gasteiger partial charge in [-0.2, -0.15) is 0 Å². The molecule has 0 fully saturated rings. The van der Waals surface area contributed by atoms with Crippen LogP contribution in [0.25, 0.3) is 11.0 Å².